The van der Waals surface area contributed by atoms with Crippen LogP contribution in [0.3, 0.4) is 0 Å². The predicted molar refractivity (Wildman–Crippen MR) is 113 cm³/mol. The molecule has 0 saturated heterocycles. The summed E-state index contributed by atoms with van der Waals surface area (Å²) in [7, 11) is 1.79. The van der Waals surface area contributed by atoms with Gasteiger partial charge in [-0.05, 0) is 47.7 Å². The van der Waals surface area contributed by atoms with Crippen molar-refractivity contribution in [2.45, 2.75) is 19.3 Å². The summed E-state index contributed by atoms with van der Waals surface area (Å²) in [6.07, 6.45) is 8.06. The second kappa shape index (κ2) is 10.3. The van der Waals surface area contributed by atoms with Crippen molar-refractivity contribution in [2.75, 3.05) is 33.4 Å². The Morgan fingerprint density at radius 3 is 2.54 bits per heavy atom. The van der Waals surface area contributed by atoms with Gasteiger partial charge in [0, 0.05) is 26.6 Å². The van der Waals surface area contributed by atoms with E-state index in [1.165, 1.54) is 16.7 Å². The maximum absolute atomic E-state index is 5.56. The molecule has 0 amide bonds. The first kappa shape index (κ1) is 19.6. The summed E-state index contributed by atoms with van der Waals surface area (Å²) in [6, 6.07) is 14.5. The van der Waals surface area contributed by atoms with Gasteiger partial charge in [0.15, 0.2) is 5.96 Å². The van der Waals surface area contributed by atoms with Gasteiger partial charge in [0.2, 0.25) is 0 Å². The Morgan fingerprint density at radius 2 is 1.82 bits per heavy atom. The van der Waals surface area contributed by atoms with Gasteiger partial charge in [0.1, 0.15) is 18.1 Å². The molecule has 2 N–H and O–H groups in total. The lowest BCUT2D eigenvalue weighted by atomic mass is 10.1. The highest BCUT2D eigenvalue weighted by Gasteiger charge is 2.11. The normalized spacial score (nSPS) is 12.6. The third kappa shape index (κ3) is 5.68. The molecule has 0 unspecified atom stereocenters. The predicted octanol–water partition coefficient (Wildman–Crippen LogP) is 2.58. The first-order valence-corrected chi connectivity index (χ1v) is 9.63. The molecule has 1 aliphatic rings. The fraction of sp³-hybridized carbons (Fsp3) is 0.348. The summed E-state index contributed by atoms with van der Waals surface area (Å²) in [6.45, 7) is 2.73. The number of hydrogen-bond acceptors (Lipinski definition) is 3. The van der Waals surface area contributed by atoms with Crippen molar-refractivity contribution in [3.05, 3.63) is 59.2 Å². The van der Waals surface area contributed by atoms with E-state index in [0.717, 1.165) is 56.4 Å². The van der Waals surface area contributed by atoms with Gasteiger partial charge < -0.3 is 20.1 Å². The molecule has 5 nitrogen and oxygen atoms in total. The third-order valence-corrected chi connectivity index (χ3v) is 4.64. The van der Waals surface area contributed by atoms with Crippen LogP contribution in [-0.2, 0) is 19.3 Å². The van der Waals surface area contributed by atoms with Crippen LogP contribution >= 0.6 is 0 Å². The Balaban J connectivity index is 1.37. The van der Waals surface area contributed by atoms with Crippen LogP contribution in [0.5, 0.6) is 11.5 Å². The van der Waals surface area contributed by atoms with Gasteiger partial charge in [-0.3, -0.25) is 4.99 Å². The average molecular weight is 377 g/mol. The van der Waals surface area contributed by atoms with Gasteiger partial charge in [-0.2, -0.15) is 0 Å². The largest absolute Gasteiger partial charge is 0.493 e. The van der Waals surface area contributed by atoms with Crippen LogP contribution in [0.25, 0.3) is 0 Å². The minimum atomic E-state index is 0.294. The molecule has 0 atom stereocenters. The van der Waals surface area contributed by atoms with Gasteiger partial charge in [-0.15, -0.1) is 6.42 Å². The van der Waals surface area contributed by atoms with Crippen molar-refractivity contribution in [3.63, 3.8) is 0 Å². The van der Waals surface area contributed by atoms with E-state index < -0.39 is 0 Å². The Bertz CT molecular complexity index is 838. The van der Waals surface area contributed by atoms with Crippen LogP contribution in [0, 0.1) is 12.3 Å². The Labute approximate surface area is 167 Å². The van der Waals surface area contributed by atoms with Crippen molar-refractivity contribution in [1.29, 1.82) is 0 Å². The smallest absolute Gasteiger partial charge is 0.190 e. The van der Waals surface area contributed by atoms with Crippen LogP contribution < -0.4 is 20.1 Å². The zero-order chi connectivity index (χ0) is 19.6. The van der Waals surface area contributed by atoms with Gasteiger partial charge in [-0.1, -0.05) is 30.2 Å². The summed E-state index contributed by atoms with van der Waals surface area (Å²) in [4.78, 5) is 4.29. The van der Waals surface area contributed by atoms with Gasteiger partial charge >= 0.3 is 0 Å². The summed E-state index contributed by atoms with van der Waals surface area (Å²) < 4.78 is 10.9. The monoisotopic (exact) mass is 377 g/mol. The highest BCUT2D eigenvalue weighted by Crippen LogP contribution is 2.25. The number of aliphatic imine (C=N–C) groups is 1. The van der Waals surface area contributed by atoms with Gasteiger partial charge in [-0.25, -0.2) is 0 Å². The lowest BCUT2D eigenvalue weighted by molar-refractivity contribution is 0.357. The second-order valence-electron chi connectivity index (χ2n) is 6.60. The third-order valence-electron chi connectivity index (χ3n) is 4.64. The number of rotatable bonds is 8. The van der Waals surface area contributed by atoms with Crippen molar-refractivity contribution in [2.24, 2.45) is 4.99 Å². The molecule has 2 aromatic carbocycles. The van der Waals surface area contributed by atoms with E-state index in [1.54, 1.807) is 7.05 Å². The maximum atomic E-state index is 5.56. The molecular formula is C23H27N3O2. The zero-order valence-corrected chi connectivity index (χ0v) is 16.3. The summed E-state index contributed by atoms with van der Waals surface area (Å²) in [5, 5.41) is 6.73. The minimum absolute atomic E-state index is 0.294. The summed E-state index contributed by atoms with van der Waals surface area (Å²) in [5.74, 6) is 5.11. The lowest BCUT2D eigenvalue weighted by Crippen LogP contribution is -2.39. The number of nitrogens with zero attached hydrogens (tertiary/aromatic N) is 1. The summed E-state index contributed by atoms with van der Waals surface area (Å²) >= 11 is 0. The minimum Gasteiger partial charge on any atom is -0.493 e. The quantitative estimate of drug-likeness (QED) is 0.422. The van der Waals surface area contributed by atoms with E-state index in [9.17, 15) is 0 Å². The fourth-order valence-electron chi connectivity index (χ4n) is 3.14. The molecule has 3 rings (SSSR count). The lowest BCUT2D eigenvalue weighted by Gasteiger charge is -2.12. The molecule has 1 heterocycles. The first-order valence-electron chi connectivity index (χ1n) is 9.63. The number of benzene rings is 2. The van der Waals surface area contributed by atoms with Crippen molar-refractivity contribution >= 4 is 5.96 Å². The highest BCUT2D eigenvalue weighted by molar-refractivity contribution is 5.79. The molecule has 28 heavy (non-hydrogen) atoms. The van der Waals surface area contributed by atoms with E-state index in [-0.39, 0.29) is 0 Å². The van der Waals surface area contributed by atoms with E-state index in [0.29, 0.717) is 6.61 Å². The number of terminal acetylenes is 1. The Kier molecular flexibility index (Phi) is 7.20. The first-order chi connectivity index (χ1) is 13.8. The SMILES string of the molecule is C#CCOc1ccc(CCNC(=NC)NCCc2ccc3c(c2)CCO3)cc1. The molecule has 0 radical (unpaired) electrons. The number of ether oxygens (including phenoxy) is 2. The van der Waals surface area contributed by atoms with Crippen LogP contribution in [0.4, 0.5) is 0 Å². The Morgan fingerprint density at radius 1 is 1.11 bits per heavy atom. The molecule has 146 valence electrons. The van der Waals surface area contributed by atoms with E-state index in [1.807, 2.05) is 12.1 Å². The van der Waals surface area contributed by atoms with Crippen molar-refractivity contribution < 1.29 is 9.47 Å². The molecule has 5 heteroatoms. The number of fused-ring (bicyclic) bond motifs is 1. The molecule has 0 spiro atoms. The zero-order valence-electron chi connectivity index (χ0n) is 16.3. The van der Waals surface area contributed by atoms with E-state index in [2.05, 4.69) is 51.9 Å². The molecular weight excluding hydrogens is 350 g/mol. The van der Waals surface area contributed by atoms with Gasteiger partial charge in [0.25, 0.3) is 0 Å². The number of hydrogen-bond donors (Lipinski definition) is 2. The van der Waals surface area contributed by atoms with Crippen LogP contribution in [-0.4, -0.2) is 39.3 Å². The Hall–Kier alpha value is -3.13. The fourth-order valence-corrected chi connectivity index (χ4v) is 3.14. The van der Waals surface area contributed by atoms with Crippen molar-refractivity contribution in [3.8, 4) is 23.8 Å². The second-order valence-corrected chi connectivity index (χ2v) is 6.60. The molecule has 1 aliphatic heterocycles. The standard InChI is InChI=1S/C23H27N3O2/c1-3-15-27-21-7-4-18(5-8-21)10-13-25-23(24-2)26-14-11-19-6-9-22-20(17-19)12-16-28-22/h1,4-9,17H,10-16H2,2H3,(H2,24,25,26). The van der Waals surface area contributed by atoms with Crippen molar-refractivity contribution in [1.82, 2.24) is 10.6 Å². The van der Waals surface area contributed by atoms with Gasteiger partial charge in [0.05, 0.1) is 6.61 Å². The molecule has 2 aromatic rings. The molecule has 0 saturated carbocycles. The van der Waals surface area contributed by atoms with Crippen LogP contribution in [0.15, 0.2) is 47.5 Å². The molecule has 0 aliphatic carbocycles. The topological polar surface area (TPSA) is 54.9 Å². The highest BCUT2D eigenvalue weighted by atomic mass is 16.5. The van der Waals surface area contributed by atoms with Crippen LogP contribution in [0.1, 0.15) is 16.7 Å². The van der Waals surface area contributed by atoms with E-state index >= 15 is 0 Å². The van der Waals surface area contributed by atoms with Crippen LogP contribution in [0.2, 0.25) is 0 Å². The maximum Gasteiger partial charge on any atom is 0.190 e. The number of guanidine groups is 1. The average Bonchev–Trinajstić information content (AvgIpc) is 3.20. The molecule has 0 bridgehead atoms. The van der Waals surface area contributed by atoms with E-state index in [4.69, 9.17) is 15.9 Å². The molecule has 0 aromatic heterocycles. The molecule has 0 fully saturated rings. The number of nitrogens with one attached hydrogen (secondary N) is 2. The summed E-state index contributed by atoms with van der Waals surface area (Å²) in [5.41, 5.74) is 3.87.